The molecule has 4 heteroatoms. The van der Waals surface area contributed by atoms with E-state index < -0.39 is 11.9 Å². The normalized spacial score (nSPS) is 24.6. The number of carboxylic acids is 1. The SMILES string of the molecule is O=C(O)C1CCCCC1=NC1C2=C(CCCC2)N(Cc2ccccc2)c2ccccc21. The minimum absolute atomic E-state index is 0.0338. The summed E-state index contributed by atoms with van der Waals surface area (Å²) in [5, 5.41) is 9.77. The lowest BCUT2D eigenvalue weighted by atomic mass is 9.82. The molecule has 2 unspecified atom stereocenters. The largest absolute Gasteiger partial charge is 0.481 e. The minimum atomic E-state index is -0.717. The van der Waals surface area contributed by atoms with Crippen LogP contribution in [0.25, 0.3) is 0 Å². The van der Waals surface area contributed by atoms with Gasteiger partial charge in [-0.25, -0.2) is 0 Å². The number of anilines is 1. The van der Waals surface area contributed by atoms with Gasteiger partial charge in [0.05, 0.1) is 12.0 Å². The van der Waals surface area contributed by atoms with Gasteiger partial charge in [0.25, 0.3) is 0 Å². The highest BCUT2D eigenvalue weighted by Crippen LogP contribution is 2.48. The molecule has 5 rings (SSSR count). The molecule has 160 valence electrons. The maximum Gasteiger partial charge on any atom is 0.312 e. The number of aliphatic carboxylic acids is 1. The lowest BCUT2D eigenvalue weighted by Gasteiger charge is -2.41. The van der Waals surface area contributed by atoms with Crippen LogP contribution in [0.5, 0.6) is 0 Å². The summed E-state index contributed by atoms with van der Waals surface area (Å²) in [6, 6.07) is 19.2. The van der Waals surface area contributed by atoms with Gasteiger partial charge in [-0.15, -0.1) is 0 Å². The molecule has 0 saturated heterocycles. The summed E-state index contributed by atoms with van der Waals surface area (Å²) in [6.07, 6.45) is 8.06. The van der Waals surface area contributed by atoms with Gasteiger partial charge in [-0.3, -0.25) is 9.79 Å². The van der Waals surface area contributed by atoms with Gasteiger partial charge in [0, 0.05) is 29.2 Å². The van der Waals surface area contributed by atoms with E-state index in [2.05, 4.69) is 59.5 Å². The van der Waals surface area contributed by atoms with Crippen LogP contribution in [0.1, 0.15) is 68.5 Å². The number of hydrogen-bond donors (Lipinski definition) is 1. The third kappa shape index (κ3) is 3.91. The number of benzene rings is 2. The summed E-state index contributed by atoms with van der Waals surface area (Å²) >= 11 is 0. The summed E-state index contributed by atoms with van der Waals surface area (Å²) in [5.74, 6) is -1.14. The Morgan fingerprint density at radius 1 is 0.935 bits per heavy atom. The van der Waals surface area contributed by atoms with Crippen LogP contribution in [-0.2, 0) is 11.3 Å². The quantitative estimate of drug-likeness (QED) is 0.639. The van der Waals surface area contributed by atoms with Gasteiger partial charge in [0.15, 0.2) is 0 Å². The van der Waals surface area contributed by atoms with Gasteiger partial charge in [-0.05, 0) is 62.1 Å². The van der Waals surface area contributed by atoms with E-state index in [1.54, 1.807) is 0 Å². The molecule has 31 heavy (non-hydrogen) atoms. The molecule has 0 amide bonds. The Labute approximate surface area is 184 Å². The van der Waals surface area contributed by atoms with Crippen molar-refractivity contribution >= 4 is 17.4 Å². The standard InChI is InChI=1S/C27H30N2O2/c30-27(31)20-12-4-7-15-23(20)28-26-21-13-5-8-16-24(21)29(18-19-10-2-1-3-11-19)25-17-9-6-14-22(25)26/h1-3,5,8,10-11,13,16,20,26H,4,6-7,9,12,14-15,17-18H2,(H,30,31). The molecule has 2 aromatic rings. The highest BCUT2D eigenvalue weighted by molar-refractivity contribution is 6.02. The van der Waals surface area contributed by atoms with Crippen molar-refractivity contribution in [2.75, 3.05) is 4.90 Å². The van der Waals surface area contributed by atoms with Gasteiger partial charge in [-0.1, -0.05) is 55.0 Å². The van der Waals surface area contributed by atoms with Crippen LogP contribution >= 0.6 is 0 Å². The maximum absolute atomic E-state index is 11.9. The van der Waals surface area contributed by atoms with Gasteiger partial charge in [0.1, 0.15) is 0 Å². The van der Waals surface area contributed by atoms with E-state index in [4.69, 9.17) is 4.99 Å². The average molecular weight is 415 g/mol. The number of aliphatic imine (C=N–C) groups is 1. The fraction of sp³-hybridized carbons (Fsp3) is 0.407. The van der Waals surface area contributed by atoms with Gasteiger partial charge in [-0.2, -0.15) is 0 Å². The zero-order valence-corrected chi connectivity index (χ0v) is 18.0. The molecule has 0 bridgehead atoms. The number of carboxylic acid groups (broad SMARTS) is 1. The molecular formula is C27H30N2O2. The number of carbonyl (C=O) groups is 1. The van der Waals surface area contributed by atoms with Crippen molar-refractivity contribution in [3.05, 3.63) is 77.0 Å². The topological polar surface area (TPSA) is 52.9 Å². The second-order valence-electron chi connectivity index (χ2n) is 8.97. The van der Waals surface area contributed by atoms with Crippen molar-refractivity contribution in [3.63, 3.8) is 0 Å². The van der Waals surface area contributed by atoms with Crippen molar-refractivity contribution in [3.8, 4) is 0 Å². The minimum Gasteiger partial charge on any atom is -0.481 e. The van der Waals surface area contributed by atoms with Crippen LogP contribution < -0.4 is 4.90 Å². The predicted octanol–water partition coefficient (Wildman–Crippen LogP) is 6.29. The zero-order chi connectivity index (χ0) is 21.2. The van der Waals surface area contributed by atoms with E-state index in [9.17, 15) is 9.90 Å². The lowest BCUT2D eigenvalue weighted by Crippen LogP contribution is -2.33. The van der Waals surface area contributed by atoms with Crippen molar-refractivity contribution in [2.45, 2.75) is 64.0 Å². The van der Waals surface area contributed by atoms with Gasteiger partial charge < -0.3 is 10.0 Å². The molecule has 1 N–H and O–H groups in total. The van der Waals surface area contributed by atoms with Crippen LogP contribution in [0.3, 0.4) is 0 Å². The highest BCUT2D eigenvalue weighted by Gasteiger charge is 2.35. The van der Waals surface area contributed by atoms with E-state index in [-0.39, 0.29) is 6.04 Å². The van der Waals surface area contributed by atoms with Crippen LogP contribution in [0.4, 0.5) is 5.69 Å². The van der Waals surface area contributed by atoms with E-state index in [0.29, 0.717) is 6.42 Å². The first-order valence-corrected chi connectivity index (χ1v) is 11.6. The molecule has 4 nitrogen and oxygen atoms in total. The van der Waals surface area contributed by atoms with Crippen molar-refractivity contribution in [1.82, 2.24) is 0 Å². The second kappa shape index (κ2) is 8.70. The number of nitrogens with zero attached hydrogens (tertiary/aromatic N) is 2. The second-order valence-corrected chi connectivity index (χ2v) is 8.97. The molecule has 1 aliphatic heterocycles. The van der Waals surface area contributed by atoms with E-state index in [1.807, 2.05) is 0 Å². The number of allylic oxidation sites excluding steroid dienone is 1. The zero-order valence-electron chi connectivity index (χ0n) is 18.0. The highest BCUT2D eigenvalue weighted by atomic mass is 16.4. The van der Waals surface area contributed by atoms with Crippen molar-refractivity contribution in [1.29, 1.82) is 0 Å². The van der Waals surface area contributed by atoms with Gasteiger partial charge >= 0.3 is 5.97 Å². The van der Waals surface area contributed by atoms with Gasteiger partial charge in [0.2, 0.25) is 0 Å². The first kappa shape index (κ1) is 20.0. The number of rotatable bonds is 4. The fourth-order valence-corrected chi connectivity index (χ4v) is 5.49. The molecular weight excluding hydrogens is 384 g/mol. The summed E-state index contributed by atoms with van der Waals surface area (Å²) in [7, 11) is 0. The smallest absolute Gasteiger partial charge is 0.312 e. The third-order valence-electron chi connectivity index (χ3n) is 7.01. The fourth-order valence-electron chi connectivity index (χ4n) is 5.49. The van der Waals surface area contributed by atoms with Crippen LogP contribution in [0.15, 0.2) is 70.9 Å². The molecule has 0 radical (unpaired) electrons. The van der Waals surface area contributed by atoms with E-state index in [0.717, 1.165) is 44.4 Å². The summed E-state index contributed by atoms with van der Waals surface area (Å²) in [4.78, 5) is 19.6. The maximum atomic E-state index is 11.9. The molecule has 2 aliphatic carbocycles. The summed E-state index contributed by atoms with van der Waals surface area (Å²) in [6.45, 7) is 0.859. The van der Waals surface area contributed by atoms with Crippen molar-refractivity contribution < 1.29 is 9.90 Å². The molecule has 1 heterocycles. The predicted molar refractivity (Wildman–Crippen MR) is 124 cm³/mol. The molecule has 2 aromatic carbocycles. The van der Waals surface area contributed by atoms with Crippen LogP contribution in [0, 0.1) is 5.92 Å². The average Bonchev–Trinajstić information content (AvgIpc) is 2.82. The molecule has 1 fully saturated rings. The Balaban J connectivity index is 1.60. The Kier molecular flexibility index (Phi) is 5.63. The monoisotopic (exact) mass is 414 g/mol. The summed E-state index contributed by atoms with van der Waals surface area (Å²) < 4.78 is 0. The number of fused-ring (bicyclic) bond motifs is 1. The van der Waals surface area contributed by atoms with Crippen LogP contribution in [0.2, 0.25) is 0 Å². The Morgan fingerprint density at radius 2 is 1.68 bits per heavy atom. The molecule has 1 saturated carbocycles. The number of hydrogen-bond acceptors (Lipinski definition) is 3. The Morgan fingerprint density at radius 3 is 2.52 bits per heavy atom. The first-order chi connectivity index (χ1) is 15.2. The molecule has 2 atom stereocenters. The lowest BCUT2D eigenvalue weighted by molar-refractivity contribution is -0.139. The number of para-hydroxylation sites is 1. The van der Waals surface area contributed by atoms with E-state index in [1.165, 1.54) is 40.9 Å². The first-order valence-electron chi connectivity index (χ1n) is 11.6. The molecule has 0 spiro atoms. The Bertz CT molecular complexity index is 1020. The van der Waals surface area contributed by atoms with Crippen molar-refractivity contribution in [2.24, 2.45) is 10.9 Å². The third-order valence-corrected chi connectivity index (χ3v) is 7.01. The van der Waals surface area contributed by atoms with Crippen LogP contribution in [-0.4, -0.2) is 16.8 Å². The van der Waals surface area contributed by atoms with E-state index >= 15 is 0 Å². The summed E-state index contributed by atoms with van der Waals surface area (Å²) in [5.41, 5.74) is 7.46. The molecule has 3 aliphatic rings. The molecule has 0 aromatic heterocycles. The Hall–Kier alpha value is -2.88.